The minimum atomic E-state index is 0.193. The molecule has 0 unspecified atom stereocenters. The van der Waals surface area contributed by atoms with Crippen LogP contribution in [-0.4, -0.2) is 43.2 Å². The van der Waals surface area contributed by atoms with Crippen molar-refractivity contribution in [2.75, 3.05) is 18.8 Å². The Morgan fingerprint density at radius 3 is 2.88 bits per heavy atom. The molecule has 7 heteroatoms. The first-order chi connectivity index (χ1) is 15.7. The predicted octanol–water partition coefficient (Wildman–Crippen LogP) is 3.97. The molecule has 1 fully saturated rings. The predicted molar refractivity (Wildman–Crippen MR) is 126 cm³/mol. The molecular weight excluding hydrogens is 400 g/mol. The summed E-state index contributed by atoms with van der Waals surface area (Å²) in [5.74, 6) is 4.47. The van der Waals surface area contributed by atoms with Crippen LogP contribution < -0.4 is 5.73 Å². The molecule has 0 radical (unpaired) electrons. The number of hydrogen-bond donors (Lipinski definition) is 2. The van der Waals surface area contributed by atoms with Crippen molar-refractivity contribution in [3.8, 4) is 23.7 Å². The number of amides is 1. The first-order valence-electron chi connectivity index (χ1n) is 11.1. The average molecular weight is 427 g/mol. The van der Waals surface area contributed by atoms with E-state index in [4.69, 9.17) is 17.1 Å². The Morgan fingerprint density at radius 2 is 2.09 bits per heavy atom. The van der Waals surface area contributed by atoms with E-state index in [0.29, 0.717) is 18.7 Å². The molecule has 1 aromatic carbocycles. The molecule has 0 atom stereocenters. The maximum atomic E-state index is 12.5. The van der Waals surface area contributed by atoms with Gasteiger partial charge in [-0.05, 0) is 31.4 Å². The number of rotatable bonds is 5. The van der Waals surface area contributed by atoms with Crippen LogP contribution in [0.1, 0.15) is 43.8 Å². The fourth-order valence-corrected chi connectivity index (χ4v) is 4.65. The molecule has 4 aromatic rings. The fourth-order valence-electron chi connectivity index (χ4n) is 4.65. The van der Waals surface area contributed by atoms with Crippen molar-refractivity contribution in [3.63, 3.8) is 0 Å². The SMILES string of the molecule is C#CCCCC(=O)N1CCC(c2nc(-c3cc4ccccc4[nH]3)c3c(N)nccn23)CC1. The summed E-state index contributed by atoms with van der Waals surface area (Å²) >= 11 is 0. The average Bonchev–Trinajstić information content (AvgIpc) is 3.42. The first kappa shape index (κ1) is 20.1. The van der Waals surface area contributed by atoms with Crippen LogP contribution in [0.4, 0.5) is 5.82 Å². The fraction of sp³-hybridized carbons (Fsp3) is 0.320. The number of imidazole rings is 1. The number of nitrogens with one attached hydrogen (secondary N) is 1. The van der Waals surface area contributed by atoms with E-state index >= 15 is 0 Å². The summed E-state index contributed by atoms with van der Waals surface area (Å²) in [6.07, 6.45) is 12.6. The lowest BCUT2D eigenvalue weighted by atomic mass is 9.95. The molecule has 7 nitrogen and oxygen atoms in total. The highest BCUT2D eigenvalue weighted by Gasteiger charge is 2.28. The van der Waals surface area contributed by atoms with Crippen molar-refractivity contribution in [3.05, 3.63) is 48.5 Å². The molecule has 3 N–H and O–H groups in total. The molecule has 4 heterocycles. The van der Waals surface area contributed by atoms with Crippen LogP contribution in [0.25, 0.3) is 27.8 Å². The Balaban J connectivity index is 1.44. The number of nitrogens with two attached hydrogens (primary N) is 1. The summed E-state index contributed by atoms with van der Waals surface area (Å²) in [6, 6.07) is 10.3. The number of para-hydroxylation sites is 1. The Labute approximate surface area is 186 Å². The summed E-state index contributed by atoms with van der Waals surface area (Å²) in [4.78, 5) is 27.2. The van der Waals surface area contributed by atoms with E-state index in [0.717, 1.165) is 66.0 Å². The maximum Gasteiger partial charge on any atom is 0.222 e. The van der Waals surface area contributed by atoms with Gasteiger partial charge < -0.3 is 15.6 Å². The van der Waals surface area contributed by atoms with Gasteiger partial charge in [-0.2, -0.15) is 0 Å². The number of aromatic nitrogens is 4. The lowest BCUT2D eigenvalue weighted by molar-refractivity contribution is -0.132. The molecule has 162 valence electrons. The lowest BCUT2D eigenvalue weighted by Crippen LogP contribution is -2.38. The van der Waals surface area contributed by atoms with Crippen LogP contribution in [0.3, 0.4) is 0 Å². The number of carbonyl (C=O) groups excluding carboxylic acids is 1. The zero-order valence-corrected chi connectivity index (χ0v) is 17.9. The second-order valence-electron chi connectivity index (χ2n) is 8.33. The summed E-state index contributed by atoms with van der Waals surface area (Å²) < 4.78 is 2.07. The Hall–Kier alpha value is -3.79. The topological polar surface area (TPSA) is 92.3 Å². The molecule has 1 aliphatic rings. The molecule has 0 saturated carbocycles. The van der Waals surface area contributed by atoms with E-state index in [1.54, 1.807) is 6.20 Å². The number of fused-ring (bicyclic) bond motifs is 2. The highest BCUT2D eigenvalue weighted by atomic mass is 16.2. The molecule has 0 bridgehead atoms. The van der Waals surface area contributed by atoms with Crippen LogP contribution in [0.5, 0.6) is 0 Å². The molecule has 0 spiro atoms. The van der Waals surface area contributed by atoms with Gasteiger partial charge in [0.15, 0.2) is 0 Å². The Kier molecular flexibility index (Phi) is 5.28. The normalized spacial score (nSPS) is 14.8. The second-order valence-corrected chi connectivity index (χ2v) is 8.33. The van der Waals surface area contributed by atoms with Crippen molar-refractivity contribution in [1.82, 2.24) is 24.3 Å². The maximum absolute atomic E-state index is 12.5. The van der Waals surface area contributed by atoms with Gasteiger partial charge in [0.05, 0.1) is 5.69 Å². The van der Waals surface area contributed by atoms with E-state index in [1.165, 1.54) is 0 Å². The number of piperidine rings is 1. The van der Waals surface area contributed by atoms with Crippen LogP contribution in [0.2, 0.25) is 0 Å². The standard InChI is InChI=1S/C25H26N6O/c1-2-3-4-9-21(32)30-13-10-17(11-14-30)25-29-22(23-24(26)27-12-15-31(23)25)20-16-18-7-5-6-8-19(18)28-20/h1,5-8,12,15-17,28H,3-4,9-11,13-14H2,(H2,26,27). The van der Waals surface area contributed by atoms with Gasteiger partial charge in [-0.15, -0.1) is 12.3 Å². The molecule has 1 aliphatic heterocycles. The van der Waals surface area contributed by atoms with E-state index < -0.39 is 0 Å². The van der Waals surface area contributed by atoms with E-state index in [1.807, 2.05) is 23.2 Å². The van der Waals surface area contributed by atoms with Gasteiger partial charge >= 0.3 is 0 Å². The summed E-state index contributed by atoms with van der Waals surface area (Å²) in [5.41, 5.74) is 9.92. The molecule has 0 aliphatic carbocycles. The van der Waals surface area contributed by atoms with Gasteiger partial charge in [-0.25, -0.2) is 9.97 Å². The van der Waals surface area contributed by atoms with Gasteiger partial charge in [0.2, 0.25) is 5.91 Å². The van der Waals surface area contributed by atoms with Gasteiger partial charge in [0.1, 0.15) is 22.9 Å². The third-order valence-electron chi connectivity index (χ3n) is 6.32. The van der Waals surface area contributed by atoms with Gasteiger partial charge in [0.25, 0.3) is 0 Å². The number of benzene rings is 1. The van der Waals surface area contributed by atoms with Crippen LogP contribution in [0.15, 0.2) is 42.7 Å². The molecule has 1 saturated heterocycles. The summed E-state index contributed by atoms with van der Waals surface area (Å²) in [6.45, 7) is 1.47. The van der Waals surface area contributed by atoms with E-state index in [9.17, 15) is 4.79 Å². The van der Waals surface area contributed by atoms with Crippen molar-refractivity contribution in [2.45, 2.75) is 38.0 Å². The van der Waals surface area contributed by atoms with Crippen molar-refractivity contribution in [2.24, 2.45) is 0 Å². The smallest absolute Gasteiger partial charge is 0.222 e. The highest BCUT2D eigenvalue weighted by molar-refractivity contribution is 5.91. The molecule has 32 heavy (non-hydrogen) atoms. The highest BCUT2D eigenvalue weighted by Crippen LogP contribution is 2.35. The third kappa shape index (κ3) is 3.58. The molecule has 1 amide bonds. The number of unbranched alkanes of at least 4 members (excludes halogenated alkanes) is 1. The monoisotopic (exact) mass is 426 g/mol. The second kappa shape index (κ2) is 8.39. The molecule has 3 aromatic heterocycles. The van der Waals surface area contributed by atoms with E-state index in [-0.39, 0.29) is 11.8 Å². The number of carbonyl (C=O) groups is 1. The van der Waals surface area contributed by atoms with Gasteiger partial charge in [0, 0.05) is 55.1 Å². The van der Waals surface area contributed by atoms with E-state index in [2.05, 4.69) is 38.5 Å². The number of terminal acetylenes is 1. The number of H-pyrrole nitrogens is 1. The van der Waals surface area contributed by atoms with Gasteiger partial charge in [-0.1, -0.05) is 18.2 Å². The molecular formula is C25H26N6O. The number of nitrogens with zero attached hydrogens (tertiary/aromatic N) is 4. The first-order valence-corrected chi connectivity index (χ1v) is 11.1. The van der Waals surface area contributed by atoms with Gasteiger partial charge in [-0.3, -0.25) is 9.20 Å². The zero-order chi connectivity index (χ0) is 22.1. The van der Waals surface area contributed by atoms with Crippen molar-refractivity contribution < 1.29 is 4.79 Å². The summed E-state index contributed by atoms with van der Waals surface area (Å²) in [7, 11) is 0. The number of hydrogen-bond acceptors (Lipinski definition) is 4. The Bertz CT molecular complexity index is 1290. The number of nitrogen functional groups attached to an aromatic ring is 1. The third-order valence-corrected chi connectivity index (χ3v) is 6.32. The largest absolute Gasteiger partial charge is 0.382 e. The minimum Gasteiger partial charge on any atom is -0.382 e. The van der Waals surface area contributed by atoms with Crippen molar-refractivity contribution >= 4 is 28.1 Å². The zero-order valence-electron chi connectivity index (χ0n) is 17.9. The van der Waals surface area contributed by atoms with Crippen LogP contribution in [0, 0.1) is 12.3 Å². The lowest BCUT2D eigenvalue weighted by Gasteiger charge is -2.31. The summed E-state index contributed by atoms with van der Waals surface area (Å²) in [5, 5.41) is 1.13. The minimum absolute atomic E-state index is 0.193. The van der Waals surface area contributed by atoms with Crippen LogP contribution >= 0.6 is 0 Å². The number of aromatic amines is 1. The number of anilines is 1. The Morgan fingerprint density at radius 1 is 1.28 bits per heavy atom. The van der Waals surface area contributed by atoms with Crippen molar-refractivity contribution in [1.29, 1.82) is 0 Å². The quantitative estimate of drug-likeness (QED) is 0.373. The van der Waals surface area contributed by atoms with Crippen LogP contribution in [-0.2, 0) is 4.79 Å². The molecule has 5 rings (SSSR count). The number of likely N-dealkylation sites (tertiary alicyclic amines) is 1.